The molecule has 32 heavy (non-hydrogen) atoms. The molecule has 2 aromatic heterocycles. The summed E-state index contributed by atoms with van der Waals surface area (Å²) in [4.78, 5) is 17.0. The fourth-order valence-corrected chi connectivity index (χ4v) is 4.09. The summed E-state index contributed by atoms with van der Waals surface area (Å²) >= 11 is 1.34. The zero-order chi connectivity index (χ0) is 22.3. The van der Waals surface area contributed by atoms with Crippen LogP contribution in [0.3, 0.4) is 0 Å². The Morgan fingerprint density at radius 1 is 1.06 bits per heavy atom. The van der Waals surface area contributed by atoms with Crippen LogP contribution in [0.25, 0.3) is 17.1 Å². The first-order chi connectivity index (χ1) is 15.7. The van der Waals surface area contributed by atoms with Gasteiger partial charge in [0.1, 0.15) is 5.75 Å². The first kappa shape index (κ1) is 21.6. The van der Waals surface area contributed by atoms with Gasteiger partial charge in [-0.25, -0.2) is 0 Å². The number of para-hydroxylation sites is 2. The van der Waals surface area contributed by atoms with Crippen molar-refractivity contribution in [1.29, 1.82) is 0 Å². The van der Waals surface area contributed by atoms with Crippen molar-refractivity contribution < 1.29 is 9.53 Å². The van der Waals surface area contributed by atoms with E-state index >= 15 is 0 Å². The molecule has 1 amide bonds. The zero-order valence-electron chi connectivity index (χ0n) is 17.8. The first-order valence-electron chi connectivity index (χ1n) is 10.1. The summed E-state index contributed by atoms with van der Waals surface area (Å²) in [6.07, 6.45) is 3.45. The Kier molecular flexibility index (Phi) is 6.81. The lowest BCUT2D eigenvalue weighted by Gasteiger charge is -2.16. The van der Waals surface area contributed by atoms with E-state index in [9.17, 15) is 4.79 Å². The molecule has 2 heterocycles. The number of ether oxygens (including phenoxy) is 1. The molecule has 0 unspecified atom stereocenters. The third-order valence-electron chi connectivity index (χ3n) is 4.84. The summed E-state index contributed by atoms with van der Waals surface area (Å²) in [5.41, 5.74) is 2.66. The second-order valence-corrected chi connectivity index (χ2v) is 8.33. The van der Waals surface area contributed by atoms with Gasteiger partial charge in [0.2, 0.25) is 5.91 Å². The van der Waals surface area contributed by atoms with Crippen LogP contribution in [0.2, 0.25) is 0 Å². The fourth-order valence-electron chi connectivity index (χ4n) is 3.20. The van der Waals surface area contributed by atoms with Crippen molar-refractivity contribution in [2.24, 2.45) is 0 Å². The average Bonchev–Trinajstić information content (AvgIpc) is 3.26. The predicted molar refractivity (Wildman–Crippen MR) is 125 cm³/mol. The van der Waals surface area contributed by atoms with Crippen molar-refractivity contribution in [3.8, 4) is 22.8 Å². The molecule has 0 radical (unpaired) electrons. The maximum Gasteiger partial charge on any atom is 0.233 e. The summed E-state index contributed by atoms with van der Waals surface area (Å²) in [6.45, 7) is 2.33. The SMILES string of the molecule is COc1ccccc1-n1c(S[C@H](C)C(=O)NCc2ccccc2)nnc1-c1cccnc1. The molecule has 4 aromatic rings. The van der Waals surface area contributed by atoms with Crippen molar-refractivity contribution >= 4 is 17.7 Å². The van der Waals surface area contributed by atoms with E-state index in [1.165, 1.54) is 11.8 Å². The minimum absolute atomic E-state index is 0.0728. The van der Waals surface area contributed by atoms with E-state index in [-0.39, 0.29) is 11.2 Å². The van der Waals surface area contributed by atoms with Gasteiger partial charge >= 0.3 is 0 Å². The smallest absolute Gasteiger partial charge is 0.233 e. The Labute approximate surface area is 190 Å². The third kappa shape index (κ3) is 4.81. The molecule has 1 atom stereocenters. The molecule has 8 heteroatoms. The van der Waals surface area contributed by atoms with E-state index in [1.807, 2.05) is 78.2 Å². The Bertz CT molecular complexity index is 1180. The number of amides is 1. The number of rotatable bonds is 8. The van der Waals surface area contributed by atoms with Crippen LogP contribution in [-0.2, 0) is 11.3 Å². The molecule has 7 nitrogen and oxygen atoms in total. The number of methoxy groups -OCH3 is 1. The number of carbonyl (C=O) groups excluding carboxylic acids is 1. The molecule has 0 aliphatic rings. The van der Waals surface area contributed by atoms with Gasteiger partial charge in [0.05, 0.1) is 18.0 Å². The van der Waals surface area contributed by atoms with E-state index in [2.05, 4.69) is 20.5 Å². The number of carbonyl (C=O) groups is 1. The fraction of sp³-hybridized carbons (Fsp3) is 0.167. The molecular weight excluding hydrogens is 422 g/mol. The van der Waals surface area contributed by atoms with Crippen LogP contribution in [0.5, 0.6) is 5.75 Å². The van der Waals surface area contributed by atoms with E-state index < -0.39 is 0 Å². The molecular formula is C24H23N5O2S. The van der Waals surface area contributed by atoms with Crippen LogP contribution in [0.15, 0.2) is 84.3 Å². The van der Waals surface area contributed by atoms with E-state index in [1.54, 1.807) is 19.5 Å². The van der Waals surface area contributed by atoms with Gasteiger partial charge in [0.25, 0.3) is 0 Å². The lowest BCUT2D eigenvalue weighted by atomic mass is 10.2. The maximum absolute atomic E-state index is 12.7. The third-order valence-corrected chi connectivity index (χ3v) is 5.88. The molecule has 4 rings (SSSR count). The lowest BCUT2D eigenvalue weighted by molar-refractivity contribution is -0.120. The van der Waals surface area contributed by atoms with E-state index in [0.29, 0.717) is 23.3 Å². The maximum atomic E-state index is 12.7. The number of pyridine rings is 1. The van der Waals surface area contributed by atoms with E-state index in [0.717, 1.165) is 16.8 Å². The van der Waals surface area contributed by atoms with Crippen LogP contribution < -0.4 is 10.1 Å². The number of benzene rings is 2. The minimum Gasteiger partial charge on any atom is -0.495 e. The second-order valence-electron chi connectivity index (χ2n) is 7.02. The number of aromatic nitrogens is 4. The van der Waals surface area contributed by atoms with Crippen molar-refractivity contribution in [2.75, 3.05) is 7.11 Å². The van der Waals surface area contributed by atoms with Crippen molar-refractivity contribution in [2.45, 2.75) is 23.9 Å². The summed E-state index contributed by atoms with van der Waals surface area (Å²) in [6, 6.07) is 21.2. The summed E-state index contributed by atoms with van der Waals surface area (Å²) in [5.74, 6) is 1.24. The topological polar surface area (TPSA) is 81.9 Å². The van der Waals surface area contributed by atoms with Crippen LogP contribution in [-0.4, -0.2) is 38.0 Å². The molecule has 2 aromatic carbocycles. The Morgan fingerprint density at radius 2 is 1.84 bits per heavy atom. The van der Waals surface area contributed by atoms with Gasteiger partial charge in [0, 0.05) is 24.5 Å². The largest absolute Gasteiger partial charge is 0.495 e. The molecule has 0 bridgehead atoms. The van der Waals surface area contributed by atoms with Crippen LogP contribution >= 0.6 is 11.8 Å². The van der Waals surface area contributed by atoms with Gasteiger partial charge in [-0.1, -0.05) is 54.2 Å². The molecule has 0 aliphatic heterocycles. The van der Waals surface area contributed by atoms with Gasteiger partial charge in [-0.15, -0.1) is 10.2 Å². The average molecular weight is 446 g/mol. The van der Waals surface area contributed by atoms with Crippen molar-refractivity contribution in [1.82, 2.24) is 25.1 Å². The Morgan fingerprint density at radius 3 is 2.59 bits per heavy atom. The normalized spacial score (nSPS) is 11.7. The Hall–Kier alpha value is -3.65. The monoisotopic (exact) mass is 445 g/mol. The van der Waals surface area contributed by atoms with E-state index in [4.69, 9.17) is 4.74 Å². The standard InChI is InChI=1S/C24H23N5O2S/c1-17(23(30)26-15-18-9-4-3-5-10-18)32-24-28-27-22(19-11-8-14-25-16-19)29(24)20-12-6-7-13-21(20)31-2/h3-14,16-17H,15H2,1-2H3,(H,26,30)/t17-/m1/s1. The molecule has 1 N–H and O–H groups in total. The molecule has 0 saturated heterocycles. The lowest BCUT2D eigenvalue weighted by Crippen LogP contribution is -2.30. The number of hydrogen-bond donors (Lipinski definition) is 1. The number of nitrogens with one attached hydrogen (secondary N) is 1. The number of thioether (sulfide) groups is 1. The zero-order valence-corrected chi connectivity index (χ0v) is 18.6. The van der Waals surface area contributed by atoms with Crippen molar-refractivity contribution in [3.05, 3.63) is 84.7 Å². The van der Waals surface area contributed by atoms with Crippen LogP contribution in [0.1, 0.15) is 12.5 Å². The number of nitrogens with zero attached hydrogens (tertiary/aromatic N) is 4. The molecule has 0 spiro atoms. The summed E-state index contributed by atoms with van der Waals surface area (Å²) in [5, 5.41) is 12.0. The molecule has 0 saturated carbocycles. The van der Waals surface area contributed by atoms with Crippen LogP contribution in [0, 0.1) is 0 Å². The van der Waals surface area contributed by atoms with Gasteiger partial charge in [-0.3, -0.25) is 14.3 Å². The van der Waals surface area contributed by atoms with Crippen molar-refractivity contribution in [3.63, 3.8) is 0 Å². The van der Waals surface area contributed by atoms with Gasteiger partial charge in [-0.05, 0) is 36.8 Å². The summed E-state index contributed by atoms with van der Waals surface area (Å²) in [7, 11) is 1.62. The highest BCUT2D eigenvalue weighted by Crippen LogP contribution is 2.33. The van der Waals surface area contributed by atoms with Gasteiger partial charge < -0.3 is 10.1 Å². The number of hydrogen-bond acceptors (Lipinski definition) is 6. The highest BCUT2D eigenvalue weighted by Gasteiger charge is 2.23. The predicted octanol–water partition coefficient (Wildman–Crippen LogP) is 4.13. The highest BCUT2D eigenvalue weighted by molar-refractivity contribution is 8.00. The second kappa shape index (κ2) is 10.1. The Balaban J connectivity index is 1.62. The first-order valence-corrected chi connectivity index (χ1v) is 11.0. The molecule has 162 valence electrons. The van der Waals surface area contributed by atoms with Gasteiger partial charge in [0.15, 0.2) is 11.0 Å². The van der Waals surface area contributed by atoms with Crippen LogP contribution in [0.4, 0.5) is 0 Å². The minimum atomic E-state index is -0.377. The van der Waals surface area contributed by atoms with Gasteiger partial charge in [-0.2, -0.15) is 0 Å². The highest BCUT2D eigenvalue weighted by atomic mass is 32.2. The quantitative estimate of drug-likeness (QED) is 0.411. The summed E-state index contributed by atoms with van der Waals surface area (Å²) < 4.78 is 7.48. The molecule has 0 fully saturated rings. The molecule has 0 aliphatic carbocycles.